The molecule has 1 amide bonds. The minimum Gasteiger partial charge on any atom is -0.480 e. The summed E-state index contributed by atoms with van der Waals surface area (Å²) < 4.78 is 0. The Balaban J connectivity index is 2.56. The molecule has 0 aromatic rings. The second-order valence-corrected chi connectivity index (χ2v) is 5.46. The molecule has 0 saturated heterocycles. The smallest absolute Gasteiger partial charge is 0.326 e. The van der Waals surface area contributed by atoms with E-state index < -0.39 is 12.0 Å². The number of carbonyl (C=O) groups is 2. The lowest BCUT2D eigenvalue weighted by Crippen LogP contribution is -2.46. The summed E-state index contributed by atoms with van der Waals surface area (Å²) in [6, 6.07) is -0.756. The molecule has 0 bridgehead atoms. The van der Waals surface area contributed by atoms with Crippen molar-refractivity contribution in [3.63, 3.8) is 0 Å². The third-order valence-corrected chi connectivity index (χ3v) is 3.61. The van der Waals surface area contributed by atoms with E-state index in [2.05, 4.69) is 5.32 Å². The molecule has 0 aromatic carbocycles. The van der Waals surface area contributed by atoms with Crippen molar-refractivity contribution in [2.75, 3.05) is 0 Å². The molecular formula is C12H21NO3. The minimum atomic E-state index is -0.943. The molecule has 92 valence electrons. The highest BCUT2D eigenvalue weighted by atomic mass is 16.4. The van der Waals surface area contributed by atoms with E-state index in [0.717, 1.165) is 12.8 Å². The molecule has 3 atom stereocenters. The minimum absolute atomic E-state index is 0.0154. The van der Waals surface area contributed by atoms with Crippen LogP contribution in [0.2, 0.25) is 0 Å². The van der Waals surface area contributed by atoms with Crippen molar-refractivity contribution in [1.82, 2.24) is 5.32 Å². The number of nitrogens with one attached hydrogen (secondary N) is 1. The van der Waals surface area contributed by atoms with Gasteiger partial charge in [0.25, 0.3) is 0 Å². The van der Waals surface area contributed by atoms with E-state index in [9.17, 15) is 9.59 Å². The summed E-state index contributed by atoms with van der Waals surface area (Å²) in [5.74, 6) is -1.11. The third kappa shape index (κ3) is 2.74. The Kier molecular flexibility index (Phi) is 3.61. The zero-order valence-corrected chi connectivity index (χ0v) is 10.4. The van der Waals surface area contributed by atoms with E-state index in [4.69, 9.17) is 5.11 Å². The summed E-state index contributed by atoms with van der Waals surface area (Å²) in [5.41, 5.74) is 0.0442. The zero-order chi connectivity index (χ0) is 12.5. The first-order valence-electron chi connectivity index (χ1n) is 5.82. The van der Waals surface area contributed by atoms with E-state index in [0.29, 0.717) is 0 Å². The van der Waals surface area contributed by atoms with Gasteiger partial charge in [0.1, 0.15) is 6.04 Å². The van der Waals surface area contributed by atoms with Gasteiger partial charge in [0.05, 0.1) is 0 Å². The molecule has 0 radical (unpaired) electrons. The normalized spacial score (nSPS) is 25.6. The topological polar surface area (TPSA) is 66.4 Å². The van der Waals surface area contributed by atoms with Gasteiger partial charge < -0.3 is 10.4 Å². The van der Waals surface area contributed by atoms with Crippen molar-refractivity contribution in [2.24, 2.45) is 17.3 Å². The van der Waals surface area contributed by atoms with Gasteiger partial charge in [-0.05, 0) is 17.8 Å². The standard InChI is InChI=1S/C12H21NO3/c1-5-7(2)9(11(15)16)13-10(14)8-6-12(8,3)4/h7-9H,5-6H2,1-4H3,(H,13,14)(H,15,16)/t7-,8+,9-/m0/s1. The summed E-state index contributed by atoms with van der Waals surface area (Å²) in [5, 5.41) is 11.7. The van der Waals surface area contributed by atoms with Crippen LogP contribution in [-0.2, 0) is 9.59 Å². The van der Waals surface area contributed by atoms with Gasteiger partial charge in [-0.2, -0.15) is 0 Å². The fourth-order valence-electron chi connectivity index (χ4n) is 1.85. The lowest BCUT2D eigenvalue weighted by Gasteiger charge is -2.20. The number of carbonyl (C=O) groups excluding carboxylic acids is 1. The van der Waals surface area contributed by atoms with Gasteiger partial charge in [-0.1, -0.05) is 34.1 Å². The molecule has 4 heteroatoms. The second-order valence-electron chi connectivity index (χ2n) is 5.46. The molecule has 1 aliphatic carbocycles. The van der Waals surface area contributed by atoms with Crippen LogP contribution in [0.25, 0.3) is 0 Å². The van der Waals surface area contributed by atoms with Crippen LogP contribution in [0, 0.1) is 17.3 Å². The fourth-order valence-corrected chi connectivity index (χ4v) is 1.85. The Morgan fingerprint density at radius 1 is 1.50 bits per heavy atom. The molecule has 0 heterocycles. The maximum Gasteiger partial charge on any atom is 0.326 e. The van der Waals surface area contributed by atoms with Crippen LogP contribution < -0.4 is 5.32 Å². The molecule has 16 heavy (non-hydrogen) atoms. The predicted molar refractivity (Wildman–Crippen MR) is 60.9 cm³/mol. The molecule has 1 saturated carbocycles. The Morgan fingerprint density at radius 3 is 2.31 bits per heavy atom. The number of carboxylic acids is 1. The molecule has 0 unspecified atom stereocenters. The van der Waals surface area contributed by atoms with Crippen LogP contribution in [0.15, 0.2) is 0 Å². The van der Waals surface area contributed by atoms with E-state index in [-0.39, 0.29) is 23.2 Å². The fraction of sp³-hybridized carbons (Fsp3) is 0.833. The van der Waals surface area contributed by atoms with Crippen molar-refractivity contribution >= 4 is 11.9 Å². The lowest BCUT2D eigenvalue weighted by atomic mass is 9.99. The van der Waals surface area contributed by atoms with Crippen LogP contribution in [0.4, 0.5) is 0 Å². The number of carboxylic acid groups (broad SMARTS) is 1. The summed E-state index contributed by atoms with van der Waals surface area (Å²) in [4.78, 5) is 22.8. The van der Waals surface area contributed by atoms with Gasteiger partial charge in [-0.15, -0.1) is 0 Å². The van der Waals surface area contributed by atoms with Crippen LogP contribution in [0.1, 0.15) is 40.5 Å². The SMILES string of the molecule is CC[C@H](C)[C@H](NC(=O)[C@H]1CC1(C)C)C(=O)O. The van der Waals surface area contributed by atoms with Gasteiger partial charge in [-0.25, -0.2) is 4.79 Å². The highest BCUT2D eigenvalue weighted by Gasteiger charge is 2.51. The van der Waals surface area contributed by atoms with Crippen LogP contribution in [0.3, 0.4) is 0 Å². The number of hydrogen-bond acceptors (Lipinski definition) is 2. The second kappa shape index (κ2) is 4.44. The van der Waals surface area contributed by atoms with Gasteiger partial charge in [-0.3, -0.25) is 4.79 Å². The first-order chi connectivity index (χ1) is 7.29. The van der Waals surface area contributed by atoms with Crippen molar-refractivity contribution in [3.05, 3.63) is 0 Å². The van der Waals surface area contributed by atoms with Gasteiger partial charge >= 0.3 is 5.97 Å². The van der Waals surface area contributed by atoms with E-state index >= 15 is 0 Å². The Hall–Kier alpha value is -1.06. The molecule has 4 nitrogen and oxygen atoms in total. The molecule has 2 N–H and O–H groups in total. The molecule has 0 aromatic heterocycles. The Labute approximate surface area is 96.4 Å². The van der Waals surface area contributed by atoms with Gasteiger partial charge in [0.15, 0.2) is 0 Å². The molecule has 1 aliphatic rings. The third-order valence-electron chi connectivity index (χ3n) is 3.61. The highest BCUT2D eigenvalue weighted by Crippen LogP contribution is 2.51. The van der Waals surface area contributed by atoms with Crippen LogP contribution in [0.5, 0.6) is 0 Å². The van der Waals surface area contributed by atoms with Gasteiger partial charge in [0.2, 0.25) is 5.91 Å². The number of amides is 1. The first-order valence-corrected chi connectivity index (χ1v) is 5.82. The summed E-state index contributed by atoms with van der Waals surface area (Å²) in [6.07, 6.45) is 1.59. The Morgan fingerprint density at radius 2 is 2.00 bits per heavy atom. The monoisotopic (exact) mass is 227 g/mol. The maximum absolute atomic E-state index is 11.8. The van der Waals surface area contributed by atoms with Crippen LogP contribution >= 0.6 is 0 Å². The maximum atomic E-state index is 11.8. The first kappa shape index (κ1) is 13.0. The number of aliphatic carboxylic acids is 1. The lowest BCUT2D eigenvalue weighted by molar-refractivity contribution is -0.143. The quantitative estimate of drug-likeness (QED) is 0.750. The van der Waals surface area contributed by atoms with Crippen molar-refractivity contribution in [2.45, 2.75) is 46.6 Å². The van der Waals surface area contributed by atoms with Crippen molar-refractivity contribution < 1.29 is 14.7 Å². The highest BCUT2D eigenvalue weighted by molar-refractivity contribution is 5.87. The number of hydrogen-bond donors (Lipinski definition) is 2. The van der Waals surface area contributed by atoms with E-state index in [1.54, 1.807) is 0 Å². The Bertz CT molecular complexity index is 299. The van der Waals surface area contributed by atoms with Crippen molar-refractivity contribution in [3.8, 4) is 0 Å². The largest absolute Gasteiger partial charge is 0.480 e. The predicted octanol–water partition coefficient (Wildman–Crippen LogP) is 1.65. The zero-order valence-electron chi connectivity index (χ0n) is 10.4. The van der Waals surface area contributed by atoms with Crippen LogP contribution in [-0.4, -0.2) is 23.0 Å². The molecule has 0 spiro atoms. The van der Waals surface area contributed by atoms with E-state index in [1.165, 1.54) is 0 Å². The average molecular weight is 227 g/mol. The van der Waals surface area contributed by atoms with Crippen molar-refractivity contribution in [1.29, 1.82) is 0 Å². The van der Waals surface area contributed by atoms with E-state index in [1.807, 2.05) is 27.7 Å². The summed E-state index contributed by atoms with van der Waals surface area (Å²) >= 11 is 0. The molecule has 0 aliphatic heterocycles. The van der Waals surface area contributed by atoms with Gasteiger partial charge in [0, 0.05) is 5.92 Å². The molecule has 1 fully saturated rings. The molecular weight excluding hydrogens is 206 g/mol. The molecule has 1 rings (SSSR count). The average Bonchev–Trinajstić information content (AvgIpc) is 2.82. The summed E-state index contributed by atoms with van der Waals surface area (Å²) in [6.45, 7) is 7.82. The number of rotatable bonds is 5. The summed E-state index contributed by atoms with van der Waals surface area (Å²) in [7, 11) is 0.